The summed E-state index contributed by atoms with van der Waals surface area (Å²) in [5.74, 6) is -0.477. The number of fused-ring (bicyclic) bond motifs is 1. The van der Waals surface area contributed by atoms with Crippen molar-refractivity contribution in [2.45, 2.75) is 19.5 Å². The number of rotatable bonds is 2. The van der Waals surface area contributed by atoms with Crippen molar-refractivity contribution in [3.05, 3.63) is 48.0 Å². The molecule has 1 aliphatic heterocycles. The Hall–Kier alpha value is -2.83. The van der Waals surface area contributed by atoms with Gasteiger partial charge in [-0.05, 0) is 18.6 Å². The molecule has 0 atom stereocenters. The van der Waals surface area contributed by atoms with Gasteiger partial charge in [0.15, 0.2) is 0 Å². The van der Waals surface area contributed by atoms with Gasteiger partial charge in [0.05, 0.1) is 36.9 Å². The van der Waals surface area contributed by atoms with Crippen LogP contribution in [0.4, 0.5) is 10.5 Å². The van der Waals surface area contributed by atoms with Crippen LogP contribution in [-0.2, 0) is 17.8 Å². The van der Waals surface area contributed by atoms with E-state index in [0.717, 1.165) is 18.7 Å². The van der Waals surface area contributed by atoms with Gasteiger partial charge in [-0.15, -0.1) is 0 Å². The number of anilines is 1. The van der Waals surface area contributed by atoms with Crippen molar-refractivity contribution >= 4 is 17.7 Å². The zero-order chi connectivity index (χ0) is 16.2. The van der Waals surface area contributed by atoms with Gasteiger partial charge in [0, 0.05) is 19.3 Å². The number of benzene rings is 1. The van der Waals surface area contributed by atoms with Gasteiger partial charge in [-0.2, -0.15) is 0 Å². The summed E-state index contributed by atoms with van der Waals surface area (Å²) in [5.41, 5.74) is 1.78. The molecule has 23 heavy (non-hydrogen) atoms. The van der Waals surface area contributed by atoms with Gasteiger partial charge in [-0.25, -0.2) is 14.6 Å². The van der Waals surface area contributed by atoms with Crippen LogP contribution in [0.3, 0.4) is 0 Å². The number of aryl methyl sites for hydroxylation is 1. The minimum Gasteiger partial charge on any atom is -0.465 e. The molecule has 7 heteroatoms. The van der Waals surface area contributed by atoms with E-state index in [9.17, 15) is 9.59 Å². The second-order valence-electron chi connectivity index (χ2n) is 5.32. The second kappa shape index (κ2) is 6.51. The van der Waals surface area contributed by atoms with E-state index in [1.165, 1.54) is 7.11 Å². The van der Waals surface area contributed by atoms with Crippen LogP contribution in [0, 0.1) is 0 Å². The Morgan fingerprint density at radius 1 is 1.26 bits per heavy atom. The van der Waals surface area contributed by atoms with Gasteiger partial charge in [-0.1, -0.05) is 12.1 Å². The second-order valence-corrected chi connectivity index (χ2v) is 5.32. The molecule has 2 amide bonds. The Morgan fingerprint density at radius 2 is 2.09 bits per heavy atom. The molecule has 1 N–H and O–H groups in total. The lowest BCUT2D eigenvalue weighted by Crippen LogP contribution is -2.35. The maximum absolute atomic E-state index is 12.5. The summed E-state index contributed by atoms with van der Waals surface area (Å²) < 4.78 is 6.80. The molecule has 0 saturated carbocycles. The zero-order valence-corrected chi connectivity index (χ0v) is 12.9. The molecule has 2 aromatic rings. The molecule has 1 aromatic heterocycles. The van der Waals surface area contributed by atoms with E-state index in [0.29, 0.717) is 24.3 Å². The largest absolute Gasteiger partial charge is 0.465 e. The number of nitrogens with zero attached hydrogens (tertiary/aromatic N) is 3. The van der Waals surface area contributed by atoms with Crippen LogP contribution in [0.2, 0.25) is 0 Å². The average Bonchev–Trinajstić information content (AvgIpc) is 2.91. The summed E-state index contributed by atoms with van der Waals surface area (Å²) in [4.78, 5) is 30.2. The number of aromatic nitrogens is 2. The topological polar surface area (TPSA) is 76.5 Å². The van der Waals surface area contributed by atoms with Crippen LogP contribution in [0.15, 0.2) is 36.8 Å². The van der Waals surface area contributed by atoms with Crippen molar-refractivity contribution in [3.63, 3.8) is 0 Å². The summed E-state index contributed by atoms with van der Waals surface area (Å²) in [6.45, 7) is 1.98. The van der Waals surface area contributed by atoms with E-state index in [1.54, 1.807) is 41.7 Å². The molecule has 2 heterocycles. The monoisotopic (exact) mass is 314 g/mol. The molecule has 0 radical (unpaired) electrons. The Balaban J connectivity index is 1.76. The highest BCUT2D eigenvalue weighted by Crippen LogP contribution is 2.18. The van der Waals surface area contributed by atoms with Crippen molar-refractivity contribution in [3.8, 4) is 0 Å². The fourth-order valence-corrected chi connectivity index (χ4v) is 2.64. The highest BCUT2D eigenvalue weighted by atomic mass is 16.5. The minimum atomic E-state index is -0.477. The van der Waals surface area contributed by atoms with Crippen molar-refractivity contribution in [1.29, 1.82) is 0 Å². The third-order valence-corrected chi connectivity index (χ3v) is 3.84. The van der Waals surface area contributed by atoms with E-state index < -0.39 is 5.97 Å². The third-order valence-electron chi connectivity index (χ3n) is 3.84. The van der Waals surface area contributed by atoms with Gasteiger partial charge in [0.25, 0.3) is 0 Å². The van der Waals surface area contributed by atoms with Crippen LogP contribution in [0.25, 0.3) is 0 Å². The Bertz CT molecular complexity index is 726. The maximum Gasteiger partial charge on any atom is 0.339 e. The molecule has 1 aliphatic rings. The number of methoxy groups -OCH3 is 1. The van der Waals surface area contributed by atoms with E-state index in [1.807, 2.05) is 0 Å². The van der Waals surface area contributed by atoms with Gasteiger partial charge < -0.3 is 19.5 Å². The summed E-state index contributed by atoms with van der Waals surface area (Å²) in [6, 6.07) is 6.56. The first kappa shape index (κ1) is 15.1. The van der Waals surface area contributed by atoms with Crippen LogP contribution in [0.1, 0.15) is 22.5 Å². The molecule has 3 rings (SSSR count). The first-order valence-electron chi connectivity index (χ1n) is 7.41. The van der Waals surface area contributed by atoms with E-state index in [4.69, 9.17) is 4.74 Å². The molecule has 0 spiro atoms. The lowest BCUT2D eigenvalue weighted by Gasteiger charge is -2.21. The Morgan fingerprint density at radius 3 is 2.91 bits per heavy atom. The molecule has 0 unspecified atom stereocenters. The van der Waals surface area contributed by atoms with Crippen molar-refractivity contribution in [2.24, 2.45) is 0 Å². The normalized spacial score (nSPS) is 13.9. The first-order chi connectivity index (χ1) is 11.2. The van der Waals surface area contributed by atoms with Gasteiger partial charge >= 0.3 is 12.0 Å². The first-order valence-corrected chi connectivity index (χ1v) is 7.41. The standard InChI is InChI=1S/C16H18N4O3/c1-23-15(21)13-5-2-3-6-14(13)18-16(22)19-7-4-8-20-11-17-9-12(20)10-19/h2-3,5-6,9,11H,4,7-8,10H2,1H3,(H,18,22). The summed E-state index contributed by atoms with van der Waals surface area (Å²) in [7, 11) is 1.32. The third kappa shape index (κ3) is 3.18. The summed E-state index contributed by atoms with van der Waals surface area (Å²) >= 11 is 0. The lowest BCUT2D eigenvalue weighted by atomic mass is 10.2. The smallest absolute Gasteiger partial charge is 0.339 e. The number of esters is 1. The van der Waals surface area contributed by atoms with Crippen molar-refractivity contribution in [1.82, 2.24) is 14.5 Å². The fraction of sp³-hybridized carbons (Fsp3) is 0.312. The number of amides is 2. The maximum atomic E-state index is 12.5. The number of hydrogen-bond acceptors (Lipinski definition) is 4. The van der Waals surface area contributed by atoms with Crippen LogP contribution < -0.4 is 5.32 Å². The average molecular weight is 314 g/mol. The van der Waals surface area contributed by atoms with Crippen LogP contribution >= 0.6 is 0 Å². The molecule has 7 nitrogen and oxygen atoms in total. The molecule has 0 aliphatic carbocycles. The molecule has 1 aromatic carbocycles. The molecule has 0 saturated heterocycles. The summed E-state index contributed by atoms with van der Waals surface area (Å²) in [6.07, 6.45) is 4.41. The van der Waals surface area contributed by atoms with Crippen LogP contribution in [-0.4, -0.2) is 40.1 Å². The van der Waals surface area contributed by atoms with Crippen molar-refractivity contribution < 1.29 is 14.3 Å². The predicted molar refractivity (Wildman–Crippen MR) is 84.1 cm³/mol. The van der Waals surface area contributed by atoms with E-state index in [-0.39, 0.29) is 6.03 Å². The van der Waals surface area contributed by atoms with E-state index in [2.05, 4.69) is 14.9 Å². The number of urea groups is 1. The Kier molecular flexibility index (Phi) is 4.27. The van der Waals surface area contributed by atoms with E-state index >= 15 is 0 Å². The minimum absolute atomic E-state index is 0.240. The Labute approximate surface area is 133 Å². The molecular weight excluding hydrogens is 296 g/mol. The van der Waals surface area contributed by atoms with Crippen LogP contribution in [0.5, 0.6) is 0 Å². The number of ether oxygens (including phenoxy) is 1. The number of para-hydroxylation sites is 1. The molecule has 0 bridgehead atoms. The van der Waals surface area contributed by atoms with Gasteiger partial charge in [0.2, 0.25) is 0 Å². The van der Waals surface area contributed by atoms with Gasteiger partial charge in [-0.3, -0.25) is 0 Å². The number of carbonyl (C=O) groups is 2. The summed E-state index contributed by atoms with van der Waals surface area (Å²) in [5, 5.41) is 2.80. The number of nitrogens with one attached hydrogen (secondary N) is 1. The van der Waals surface area contributed by atoms with Crippen molar-refractivity contribution in [2.75, 3.05) is 19.0 Å². The SMILES string of the molecule is COC(=O)c1ccccc1NC(=O)N1CCCn2cncc2C1. The fourth-order valence-electron chi connectivity index (χ4n) is 2.64. The highest BCUT2D eigenvalue weighted by Gasteiger charge is 2.21. The number of hydrogen-bond donors (Lipinski definition) is 1. The lowest BCUT2D eigenvalue weighted by molar-refractivity contribution is 0.0602. The number of imidazole rings is 1. The molecular formula is C16H18N4O3. The number of carbonyl (C=O) groups excluding carboxylic acids is 2. The van der Waals surface area contributed by atoms with Gasteiger partial charge in [0.1, 0.15) is 0 Å². The highest BCUT2D eigenvalue weighted by molar-refractivity contribution is 6.00. The zero-order valence-electron chi connectivity index (χ0n) is 12.9. The molecule has 0 fully saturated rings. The quantitative estimate of drug-likeness (QED) is 0.861. The molecule has 120 valence electrons. The predicted octanol–water partition coefficient (Wildman–Crippen LogP) is 2.11.